The van der Waals surface area contributed by atoms with Crippen molar-refractivity contribution in [1.29, 1.82) is 0 Å². The van der Waals surface area contributed by atoms with E-state index in [4.69, 9.17) is 4.98 Å². The van der Waals surface area contributed by atoms with E-state index >= 15 is 0 Å². The lowest BCUT2D eigenvalue weighted by atomic mass is 9.97. The number of benzene rings is 2. The zero-order valence-corrected chi connectivity index (χ0v) is 20.4. The van der Waals surface area contributed by atoms with Crippen molar-refractivity contribution < 1.29 is 5.11 Å². The Labute approximate surface area is 205 Å². The van der Waals surface area contributed by atoms with Gasteiger partial charge in [0.15, 0.2) is 5.82 Å². The molecular weight excluding hydrogens is 436 g/mol. The molecule has 2 aliphatic heterocycles. The van der Waals surface area contributed by atoms with E-state index < -0.39 is 0 Å². The molecule has 2 aliphatic rings. The first-order valence-electron chi connectivity index (χ1n) is 12.6. The van der Waals surface area contributed by atoms with Crippen molar-refractivity contribution in [2.45, 2.75) is 32.2 Å². The summed E-state index contributed by atoms with van der Waals surface area (Å²) in [5, 5.41) is 18.7. The molecule has 0 saturated carbocycles. The monoisotopic (exact) mass is 468 g/mol. The number of aromatic hydroxyl groups is 1. The van der Waals surface area contributed by atoms with Gasteiger partial charge in [-0.1, -0.05) is 25.1 Å². The molecule has 6 rings (SSSR count). The maximum Gasteiger partial charge on any atom is 0.159 e. The van der Waals surface area contributed by atoms with E-state index in [1.165, 1.54) is 31.5 Å². The van der Waals surface area contributed by atoms with Gasteiger partial charge in [-0.3, -0.25) is 10.00 Å². The number of aryl methyl sites for hydroxylation is 1. The third-order valence-electron chi connectivity index (χ3n) is 7.62. The van der Waals surface area contributed by atoms with Crippen LogP contribution >= 0.6 is 0 Å². The summed E-state index contributed by atoms with van der Waals surface area (Å²) in [6.45, 7) is 6.45. The molecule has 0 atom stereocenters. The molecule has 4 heterocycles. The standard InChI is InChI=1S/C28H32N6O/c1-3-18-14-22(35)5-7-23(18)19-4-6-24-25(15-19)31-32-27(24)28-29-16-26(30-28)20-8-13-34(17-20)21-9-11-33(2)12-10-21/h4-8,14-16,21,35H,3,9-13,17H2,1-2H3,(H,29,30)(H,31,32). The van der Waals surface area contributed by atoms with Gasteiger partial charge in [-0.25, -0.2) is 4.98 Å². The number of likely N-dealkylation sites (tertiary alicyclic amines) is 1. The minimum absolute atomic E-state index is 0.302. The number of fused-ring (bicyclic) bond motifs is 1. The fraction of sp³-hybridized carbons (Fsp3) is 0.357. The smallest absolute Gasteiger partial charge is 0.159 e. The lowest BCUT2D eigenvalue weighted by molar-refractivity contribution is 0.149. The highest BCUT2D eigenvalue weighted by Gasteiger charge is 2.27. The molecule has 3 N–H and O–H groups in total. The van der Waals surface area contributed by atoms with Crippen LogP contribution in [-0.2, 0) is 6.42 Å². The van der Waals surface area contributed by atoms with Crippen molar-refractivity contribution in [3.05, 3.63) is 59.9 Å². The highest BCUT2D eigenvalue weighted by atomic mass is 16.3. The number of hydrogen-bond acceptors (Lipinski definition) is 5. The Balaban J connectivity index is 1.22. The minimum atomic E-state index is 0.302. The van der Waals surface area contributed by atoms with Gasteiger partial charge in [-0.05, 0) is 85.9 Å². The predicted molar refractivity (Wildman–Crippen MR) is 140 cm³/mol. The van der Waals surface area contributed by atoms with Crippen LogP contribution in [-0.4, -0.2) is 74.3 Å². The van der Waals surface area contributed by atoms with Gasteiger partial charge >= 0.3 is 0 Å². The van der Waals surface area contributed by atoms with Crippen LogP contribution in [0.5, 0.6) is 5.75 Å². The zero-order valence-electron chi connectivity index (χ0n) is 20.4. The van der Waals surface area contributed by atoms with E-state index in [1.807, 2.05) is 18.3 Å². The molecule has 0 bridgehead atoms. The highest BCUT2D eigenvalue weighted by Crippen LogP contribution is 2.33. The summed E-state index contributed by atoms with van der Waals surface area (Å²) in [5.41, 5.74) is 7.48. The molecule has 180 valence electrons. The van der Waals surface area contributed by atoms with Crippen molar-refractivity contribution >= 4 is 16.5 Å². The summed E-state index contributed by atoms with van der Waals surface area (Å²) >= 11 is 0. The predicted octanol–water partition coefficient (Wildman–Crippen LogP) is 4.68. The maximum absolute atomic E-state index is 9.85. The average molecular weight is 469 g/mol. The van der Waals surface area contributed by atoms with Crippen LogP contribution in [0, 0.1) is 0 Å². The van der Waals surface area contributed by atoms with Crippen molar-refractivity contribution in [2.75, 3.05) is 33.2 Å². The van der Waals surface area contributed by atoms with Crippen LogP contribution in [0.2, 0.25) is 0 Å². The zero-order chi connectivity index (χ0) is 23.9. The van der Waals surface area contributed by atoms with Crippen LogP contribution in [0.4, 0.5) is 0 Å². The van der Waals surface area contributed by atoms with Crippen LogP contribution < -0.4 is 0 Å². The lowest BCUT2D eigenvalue weighted by Crippen LogP contribution is -2.42. The van der Waals surface area contributed by atoms with E-state index in [9.17, 15) is 5.11 Å². The first-order chi connectivity index (χ1) is 17.1. The quantitative estimate of drug-likeness (QED) is 0.396. The average Bonchev–Trinajstić information content (AvgIpc) is 3.63. The van der Waals surface area contributed by atoms with Gasteiger partial charge in [0.25, 0.3) is 0 Å². The number of phenolic OH excluding ortho intramolecular Hbond substituents is 1. The van der Waals surface area contributed by atoms with E-state index in [0.717, 1.165) is 64.3 Å². The molecule has 2 aromatic heterocycles. The van der Waals surface area contributed by atoms with Crippen LogP contribution in [0.3, 0.4) is 0 Å². The molecule has 0 unspecified atom stereocenters. The van der Waals surface area contributed by atoms with Crippen LogP contribution in [0.1, 0.15) is 31.0 Å². The largest absolute Gasteiger partial charge is 0.508 e. The Morgan fingerprint density at radius 2 is 1.97 bits per heavy atom. The molecule has 0 aliphatic carbocycles. The molecule has 0 amide bonds. The Bertz CT molecular complexity index is 1390. The molecule has 7 heteroatoms. The molecule has 4 aromatic rings. The van der Waals surface area contributed by atoms with Gasteiger partial charge in [0.1, 0.15) is 11.4 Å². The highest BCUT2D eigenvalue weighted by molar-refractivity contribution is 5.94. The van der Waals surface area contributed by atoms with Gasteiger partial charge in [0.05, 0.1) is 11.2 Å². The number of imidazole rings is 1. The second kappa shape index (κ2) is 8.98. The summed E-state index contributed by atoms with van der Waals surface area (Å²) in [6.07, 6.45) is 7.69. The Hall–Kier alpha value is -3.42. The number of H-pyrrole nitrogens is 2. The van der Waals surface area contributed by atoms with Gasteiger partial charge in [0, 0.05) is 30.7 Å². The summed E-state index contributed by atoms with van der Waals surface area (Å²) in [5.74, 6) is 1.09. The molecule has 1 saturated heterocycles. The molecule has 0 spiro atoms. The SMILES string of the molecule is CCc1cc(O)ccc1-c1ccc2c(-c3nc(C4=CCN(C5CCN(C)CC5)C4)c[nH]3)n[nH]c2c1. The number of phenols is 1. The topological polar surface area (TPSA) is 84.1 Å². The summed E-state index contributed by atoms with van der Waals surface area (Å²) < 4.78 is 0. The molecule has 0 radical (unpaired) electrons. The maximum atomic E-state index is 9.85. The van der Waals surface area contributed by atoms with Crippen LogP contribution in [0.25, 0.3) is 39.1 Å². The summed E-state index contributed by atoms with van der Waals surface area (Å²) in [4.78, 5) is 13.3. The fourth-order valence-electron chi connectivity index (χ4n) is 5.53. The van der Waals surface area contributed by atoms with Gasteiger partial charge in [-0.15, -0.1) is 0 Å². The number of nitrogens with one attached hydrogen (secondary N) is 2. The lowest BCUT2D eigenvalue weighted by Gasteiger charge is -2.35. The van der Waals surface area contributed by atoms with Crippen LogP contribution in [0.15, 0.2) is 48.7 Å². The number of aromatic nitrogens is 4. The Morgan fingerprint density at radius 1 is 1.11 bits per heavy atom. The van der Waals surface area contributed by atoms with E-state index in [2.05, 4.69) is 63.2 Å². The van der Waals surface area contributed by atoms with Crippen molar-refractivity contribution in [3.8, 4) is 28.4 Å². The van der Waals surface area contributed by atoms with Crippen molar-refractivity contribution in [3.63, 3.8) is 0 Å². The van der Waals surface area contributed by atoms with E-state index in [1.54, 1.807) is 6.07 Å². The number of nitrogens with zero attached hydrogens (tertiary/aromatic N) is 4. The van der Waals surface area contributed by atoms with Gasteiger partial charge < -0.3 is 15.0 Å². The normalized spacial score (nSPS) is 17.9. The number of piperidine rings is 1. The second-order valence-corrected chi connectivity index (χ2v) is 9.86. The molecule has 35 heavy (non-hydrogen) atoms. The molecule has 1 fully saturated rings. The molecule has 7 nitrogen and oxygen atoms in total. The Kier molecular flexibility index (Phi) is 5.66. The van der Waals surface area contributed by atoms with E-state index in [0.29, 0.717) is 11.8 Å². The number of rotatable bonds is 5. The summed E-state index contributed by atoms with van der Waals surface area (Å²) in [7, 11) is 2.21. The van der Waals surface area contributed by atoms with Crippen molar-refractivity contribution in [1.82, 2.24) is 30.0 Å². The first-order valence-corrected chi connectivity index (χ1v) is 12.6. The molecular formula is C28H32N6O. The second-order valence-electron chi connectivity index (χ2n) is 9.86. The van der Waals surface area contributed by atoms with Gasteiger partial charge in [-0.2, -0.15) is 5.10 Å². The van der Waals surface area contributed by atoms with Gasteiger partial charge in [0.2, 0.25) is 0 Å². The summed E-state index contributed by atoms with van der Waals surface area (Å²) in [6, 6.07) is 12.6. The fourth-order valence-corrected chi connectivity index (χ4v) is 5.53. The molecule has 2 aromatic carbocycles. The van der Waals surface area contributed by atoms with E-state index in [-0.39, 0.29) is 0 Å². The third kappa shape index (κ3) is 4.15. The third-order valence-corrected chi connectivity index (χ3v) is 7.62. The Morgan fingerprint density at radius 3 is 2.80 bits per heavy atom. The first kappa shape index (κ1) is 22.1. The van der Waals surface area contributed by atoms with Crippen molar-refractivity contribution in [2.24, 2.45) is 0 Å². The minimum Gasteiger partial charge on any atom is -0.508 e. The number of hydrogen-bond donors (Lipinski definition) is 3. The number of aromatic amines is 2.